The van der Waals surface area contributed by atoms with E-state index < -0.39 is 6.04 Å². The molecule has 1 unspecified atom stereocenters. The highest BCUT2D eigenvalue weighted by atomic mass is 35.5. The molecule has 2 aromatic carbocycles. The average Bonchev–Trinajstić information content (AvgIpc) is 2.76. The number of pyridine rings is 1. The van der Waals surface area contributed by atoms with E-state index in [1.807, 2.05) is 50.2 Å². The number of H-pyrrole nitrogens is 1. The van der Waals surface area contributed by atoms with E-state index in [2.05, 4.69) is 29.0 Å². The first-order chi connectivity index (χ1) is 14.4. The first-order valence-corrected chi connectivity index (χ1v) is 10.7. The van der Waals surface area contributed by atoms with Crippen molar-refractivity contribution in [1.82, 2.24) is 5.32 Å². The molecule has 0 saturated carbocycles. The highest BCUT2D eigenvalue weighted by Gasteiger charge is 2.26. The number of aromatic hydroxyl groups is 1. The largest absolute Gasteiger partial charge is 0.502 e. The molecule has 0 radical (unpaired) electrons. The summed E-state index contributed by atoms with van der Waals surface area (Å²) in [7, 11) is 0. The number of amides is 1. The summed E-state index contributed by atoms with van der Waals surface area (Å²) in [5.74, 6) is -0.204. The SMILES string of the molecule is CCN(CC)c1ccc(C(NC(=O)C(C)C)c2cc(Cl)c3ccc[nH+]c3c2O)cc1. The van der Waals surface area contributed by atoms with Crippen LogP contribution < -0.4 is 15.2 Å². The van der Waals surface area contributed by atoms with E-state index >= 15 is 0 Å². The Bertz CT molecular complexity index is 1030. The normalized spacial score (nSPS) is 12.2. The molecule has 1 atom stereocenters. The topological polar surface area (TPSA) is 66.7 Å². The summed E-state index contributed by atoms with van der Waals surface area (Å²) in [5.41, 5.74) is 3.09. The van der Waals surface area contributed by atoms with E-state index in [0.717, 1.165) is 29.7 Å². The number of carbonyl (C=O) groups excluding carboxylic acids is 1. The summed E-state index contributed by atoms with van der Waals surface area (Å²) in [5, 5.41) is 15.3. The Labute approximate surface area is 182 Å². The van der Waals surface area contributed by atoms with Crippen LogP contribution in [0.25, 0.3) is 10.9 Å². The molecule has 1 heterocycles. The second kappa shape index (κ2) is 9.35. The van der Waals surface area contributed by atoms with Crippen LogP contribution in [-0.4, -0.2) is 24.1 Å². The molecule has 5 nitrogen and oxygen atoms in total. The van der Waals surface area contributed by atoms with Gasteiger partial charge in [-0.1, -0.05) is 37.6 Å². The summed E-state index contributed by atoms with van der Waals surface area (Å²) >= 11 is 6.52. The summed E-state index contributed by atoms with van der Waals surface area (Å²) in [6.45, 7) is 9.76. The van der Waals surface area contributed by atoms with Gasteiger partial charge in [-0.15, -0.1) is 0 Å². The first kappa shape index (κ1) is 21.9. The number of nitrogens with one attached hydrogen (secondary N) is 2. The monoisotopic (exact) mass is 426 g/mol. The molecule has 3 aromatic rings. The minimum Gasteiger partial charge on any atom is -0.502 e. The maximum atomic E-state index is 12.6. The molecule has 1 amide bonds. The van der Waals surface area contributed by atoms with Crippen LogP contribution in [-0.2, 0) is 4.79 Å². The number of anilines is 1. The first-order valence-electron chi connectivity index (χ1n) is 10.3. The minimum atomic E-state index is -0.527. The summed E-state index contributed by atoms with van der Waals surface area (Å²) < 4.78 is 0. The number of hydrogen-bond acceptors (Lipinski definition) is 3. The van der Waals surface area contributed by atoms with Gasteiger partial charge in [-0.2, -0.15) is 0 Å². The van der Waals surface area contributed by atoms with Crippen LogP contribution in [0.5, 0.6) is 5.75 Å². The third-order valence-electron chi connectivity index (χ3n) is 5.38. The number of hydrogen-bond donors (Lipinski definition) is 2. The average molecular weight is 427 g/mol. The predicted octanol–water partition coefficient (Wildman–Crippen LogP) is 4.72. The molecule has 0 bridgehead atoms. The number of carbonyl (C=O) groups is 1. The summed E-state index contributed by atoms with van der Waals surface area (Å²) in [4.78, 5) is 17.9. The standard InChI is InChI=1S/C24H28ClN3O2/c1-5-28(6-2)17-11-9-16(10-12-17)21(27-24(30)15(3)4)19-14-20(25)18-8-7-13-26-22(18)23(19)29/h7-15,21,29H,5-6H2,1-4H3,(H,27,30)/p+1. The van der Waals surface area contributed by atoms with E-state index in [-0.39, 0.29) is 17.6 Å². The molecule has 3 rings (SSSR count). The van der Waals surface area contributed by atoms with E-state index in [1.54, 1.807) is 12.3 Å². The van der Waals surface area contributed by atoms with Crippen molar-refractivity contribution in [1.29, 1.82) is 0 Å². The Morgan fingerprint density at radius 3 is 2.43 bits per heavy atom. The lowest BCUT2D eigenvalue weighted by Gasteiger charge is -2.24. The Morgan fingerprint density at radius 1 is 1.17 bits per heavy atom. The molecule has 1 aromatic heterocycles. The zero-order valence-electron chi connectivity index (χ0n) is 17.9. The Kier molecular flexibility index (Phi) is 6.83. The molecule has 6 heteroatoms. The third-order valence-corrected chi connectivity index (χ3v) is 5.70. The fraction of sp³-hybridized carbons (Fsp3) is 0.333. The Balaban J connectivity index is 2.11. The number of rotatable bonds is 7. The molecule has 0 saturated heterocycles. The smallest absolute Gasteiger partial charge is 0.254 e. The molecule has 0 aliphatic heterocycles. The minimum absolute atomic E-state index is 0.0804. The van der Waals surface area contributed by atoms with Gasteiger partial charge in [-0.3, -0.25) is 4.79 Å². The van der Waals surface area contributed by atoms with E-state index in [1.165, 1.54) is 0 Å². The number of nitrogens with zero attached hydrogens (tertiary/aromatic N) is 1. The number of aromatic amines is 1. The van der Waals surface area contributed by atoms with Crippen molar-refractivity contribution in [3.05, 3.63) is 64.8 Å². The lowest BCUT2D eigenvalue weighted by Crippen LogP contribution is -2.32. The van der Waals surface area contributed by atoms with E-state index in [9.17, 15) is 9.90 Å². The quantitative estimate of drug-likeness (QED) is 0.574. The van der Waals surface area contributed by atoms with Gasteiger partial charge in [-0.05, 0) is 43.7 Å². The molecule has 3 N–H and O–H groups in total. The van der Waals surface area contributed by atoms with Gasteiger partial charge >= 0.3 is 0 Å². The van der Waals surface area contributed by atoms with Crippen molar-refractivity contribution < 1.29 is 14.9 Å². The molecule has 158 valence electrons. The van der Waals surface area contributed by atoms with Crippen molar-refractivity contribution in [2.45, 2.75) is 33.7 Å². The molecule has 0 spiro atoms. The van der Waals surface area contributed by atoms with Crippen molar-refractivity contribution in [3.63, 3.8) is 0 Å². The highest BCUT2D eigenvalue weighted by molar-refractivity contribution is 6.35. The van der Waals surface area contributed by atoms with Gasteiger partial charge in [0, 0.05) is 36.3 Å². The Morgan fingerprint density at radius 2 is 1.83 bits per heavy atom. The molecule has 0 fully saturated rings. The second-order valence-electron chi connectivity index (χ2n) is 7.62. The maximum Gasteiger partial charge on any atom is 0.254 e. The van der Waals surface area contributed by atoms with Gasteiger partial charge in [0.1, 0.15) is 0 Å². The summed E-state index contributed by atoms with van der Waals surface area (Å²) in [6, 6.07) is 13.0. The third kappa shape index (κ3) is 4.36. The van der Waals surface area contributed by atoms with Crippen LogP contribution in [0.3, 0.4) is 0 Å². The number of phenolic OH excluding ortho intramolecular Hbond substituents is 1. The molecular weight excluding hydrogens is 398 g/mol. The van der Waals surface area contributed by atoms with Crippen LogP contribution in [0.1, 0.15) is 44.9 Å². The van der Waals surface area contributed by atoms with Crippen LogP contribution in [0.15, 0.2) is 48.7 Å². The van der Waals surface area contributed by atoms with Crippen molar-refractivity contribution in [2.24, 2.45) is 5.92 Å². The highest BCUT2D eigenvalue weighted by Crippen LogP contribution is 2.38. The van der Waals surface area contributed by atoms with Crippen LogP contribution in [0.4, 0.5) is 5.69 Å². The molecule has 30 heavy (non-hydrogen) atoms. The molecule has 0 aliphatic rings. The van der Waals surface area contributed by atoms with Gasteiger partial charge in [0.2, 0.25) is 5.91 Å². The second-order valence-corrected chi connectivity index (χ2v) is 8.02. The number of benzene rings is 2. The van der Waals surface area contributed by atoms with Crippen LogP contribution in [0.2, 0.25) is 5.02 Å². The molecular formula is C24H29ClN3O2+. The fourth-order valence-corrected chi connectivity index (χ4v) is 3.87. The zero-order chi connectivity index (χ0) is 21.8. The van der Waals surface area contributed by atoms with Gasteiger partial charge < -0.3 is 15.3 Å². The molecule has 0 aliphatic carbocycles. The predicted molar refractivity (Wildman–Crippen MR) is 122 cm³/mol. The van der Waals surface area contributed by atoms with E-state index in [0.29, 0.717) is 16.1 Å². The fourth-order valence-electron chi connectivity index (χ4n) is 3.59. The number of phenols is 1. The summed E-state index contributed by atoms with van der Waals surface area (Å²) in [6.07, 6.45) is 1.74. The van der Waals surface area contributed by atoms with Crippen molar-refractivity contribution >= 4 is 34.1 Å². The zero-order valence-corrected chi connectivity index (χ0v) is 18.6. The van der Waals surface area contributed by atoms with Crippen LogP contribution in [0, 0.1) is 5.92 Å². The lowest BCUT2D eigenvalue weighted by atomic mass is 9.95. The number of halogens is 1. The van der Waals surface area contributed by atoms with Gasteiger partial charge in [0.25, 0.3) is 5.52 Å². The van der Waals surface area contributed by atoms with Crippen LogP contribution >= 0.6 is 11.6 Å². The van der Waals surface area contributed by atoms with Gasteiger partial charge in [0.15, 0.2) is 11.9 Å². The van der Waals surface area contributed by atoms with Gasteiger partial charge in [-0.25, -0.2) is 4.98 Å². The maximum absolute atomic E-state index is 12.6. The van der Waals surface area contributed by atoms with Gasteiger partial charge in [0.05, 0.1) is 16.5 Å². The Hall–Kier alpha value is -2.79. The number of aromatic nitrogens is 1. The number of fused-ring (bicyclic) bond motifs is 1. The van der Waals surface area contributed by atoms with Crippen molar-refractivity contribution in [3.8, 4) is 5.75 Å². The van der Waals surface area contributed by atoms with E-state index in [4.69, 9.17) is 11.6 Å². The lowest BCUT2D eigenvalue weighted by molar-refractivity contribution is -0.345. The van der Waals surface area contributed by atoms with Crippen molar-refractivity contribution in [2.75, 3.05) is 18.0 Å².